The van der Waals surface area contributed by atoms with Gasteiger partial charge >= 0.3 is 6.18 Å². The van der Waals surface area contributed by atoms with E-state index in [9.17, 15) is 22.8 Å². The minimum absolute atomic E-state index is 0.0156. The first-order valence-corrected chi connectivity index (χ1v) is 9.34. The molecule has 2 N–H and O–H groups in total. The second kappa shape index (κ2) is 8.04. The Morgan fingerprint density at radius 1 is 1.03 bits per heavy atom. The van der Waals surface area contributed by atoms with Crippen molar-refractivity contribution in [1.29, 1.82) is 0 Å². The Morgan fingerprint density at radius 3 is 2.34 bits per heavy atom. The number of nitrogens with one attached hydrogen (secondary N) is 2. The summed E-state index contributed by atoms with van der Waals surface area (Å²) in [5.74, 6) is -1.25. The van der Waals surface area contributed by atoms with Crippen LogP contribution >= 0.6 is 11.3 Å². The number of hydrogen-bond acceptors (Lipinski definition) is 4. The fourth-order valence-corrected chi connectivity index (χ4v) is 3.37. The second-order valence-corrected chi connectivity index (χ2v) is 7.16. The van der Waals surface area contributed by atoms with Crippen LogP contribution < -0.4 is 10.6 Å². The number of carbonyl (C=O) groups is 2. The van der Waals surface area contributed by atoms with E-state index < -0.39 is 29.2 Å². The van der Waals surface area contributed by atoms with Gasteiger partial charge in [0.2, 0.25) is 5.91 Å². The largest absolute Gasteiger partial charge is 0.418 e. The van der Waals surface area contributed by atoms with E-state index in [0.717, 1.165) is 23.3 Å². The molecule has 0 radical (unpaired) electrons. The summed E-state index contributed by atoms with van der Waals surface area (Å²) in [5.41, 5.74) is 0.413. The van der Waals surface area contributed by atoms with Gasteiger partial charge in [0.05, 0.1) is 11.3 Å². The lowest BCUT2D eigenvalue weighted by molar-refractivity contribution is -0.137. The summed E-state index contributed by atoms with van der Waals surface area (Å²) in [7, 11) is 0. The molecule has 0 atom stereocenters. The molecule has 0 aliphatic carbocycles. The van der Waals surface area contributed by atoms with E-state index in [4.69, 9.17) is 0 Å². The quantitative estimate of drug-likeness (QED) is 0.599. The van der Waals surface area contributed by atoms with Crippen molar-refractivity contribution in [3.05, 3.63) is 64.7 Å². The van der Waals surface area contributed by atoms with E-state index in [1.807, 2.05) is 31.2 Å². The normalized spacial score (nSPS) is 11.2. The number of aromatic nitrogens is 1. The number of rotatable bonds is 4. The maximum absolute atomic E-state index is 13.4. The van der Waals surface area contributed by atoms with Gasteiger partial charge in [-0.05, 0) is 25.1 Å². The van der Waals surface area contributed by atoms with E-state index in [-0.39, 0.29) is 11.4 Å². The Bertz CT molecular complexity index is 1060. The number of amides is 2. The molecular weight excluding hydrogens is 403 g/mol. The summed E-state index contributed by atoms with van der Waals surface area (Å²) in [6.07, 6.45) is -4.72. The van der Waals surface area contributed by atoms with Crippen molar-refractivity contribution < 1.29 is 22.8 Å². The number of nitrogens with zero attached hydrogens (tertiary/aromatic N) is 1. The summed E-state index contributed by atoms with van der Waals surface area (Å²) in [4.78, 5) is 27.8. The van der Waals surface area contributed by atoms with Crippen LogP contribution in [0.15, 0.2) is 47.8 Å². The first-order chi connectivity index (χ1) is 13.6. The maximum atomic E-state index is 13.4. The van der Waals surface area contributed by atoms with Gasteiger partial charge in [-0.2, -0.15) is 13.2 Å². The number of aryl methyl sites for hydroxylation is 1. The zero-order valence-electron chi connectivity index (χ0n) is 15.4. The zero-order valence-corrected chi connectivity index (χ0v) is 16.2. The highest BCUT2D eigenvalue weighted by atomic mass is 32.1. The van der Waals surface area contributed by atoms with Crippen molar-refractivity contribution in [2.75, 3.05) is 10.6 Å². The van der Waals surface area contributed by atoms with Gasteiger partial charge in [-0.15, -0.1) is 11.3 Å². The van der Waals surface area contributed by atoms with Crippen molar-refractivity contribution in [3.8, 4) is 10.6 Å². The van der Waals surface area contributed by atoms with Crippen LogP contribution in [0.5, 0.6) is 0 Å². The van der Waals surface area contributed by atoms with Gasteiger partial charge in [0.15, 0.2) is 0 Å². The van der Waals surface area contributed by atoms with Gasteiger partial charge in [0.25, 0.3) is 5.91 Å². The molecule has 150 valence electrons. The average Bonchev–Trinajstić information content (AvgIpc) is 3.12. The minimum atomic E-state index is -4.72. The molecule has 0 saturated heterocycles. The smallest absolute Gasteiger partial charge is 0.326 e. The topological polar surface area (TPSA) is 71.1 Å². The Balaban J connectivity index is 1.85. The van der Waals surface area contributed by atoms with Gasteiger partial charge in [0, 0.05) is 23.6 Å². The van der Waals surface area contributed by atoms with E-state index in [2.05, 4.69) is 15.6 Å². The number of carbonyl (C=O) groups excluding carboxylic acids is 2. The zero-order chi connectivity index (χ0) is 21.2. The highest BCUT2D eigenvalue weighted by Gasteiger charge is 2.34. The summed E-state index contributed by atoms with van der Waals surface area (Å²) >= 11 is 1.22. The lowest BCUT2D eigenvalue weighted by atomic mass is 10.1. The molecule has 0 unspecified atom stereocenters. The van der Waals surface area contributed by atoms with Crippen LogP contribution in [-0.2, 0) is 11.0 Å². The molecule has 0 fully saturated rings. The predicted octanol–water partition coefficient (Wildman–Crippen LogP) is 5.35. The van der Waals surface area contributed by atoms with Crippen molar-refractivity contribution in [2.45, 2.75) is 20.0 Å². The van der Waals surface area contributed by atoms with Gasteiger partial charge in [-0.3, -0.25) is 9.59 Å². The number of anilines is 2. The molecule has 0 aliphatic rings. The first kappa shape index (κ1) is 20.5. The lowest BCUT2D eigenvalue weighted by Gasteiger charge is -2.15. The Hall–Kier alpha value is -3.20. The van der Waals surface area contributed by atoms with Gasteiger partial charge in [-0.25, -0.2) is 4.98 Å². The molecule has 2 aromatic carbocycles. The summed E-state index contributed by atoms with van der Waals surface area (Å²) in [5, 5.41) is 6.63. The summed E-state index contributed by atoms with van der Waals surface area (Å²) < 4.78 is 40.2. The van der Waals surface area contributed by atoms with Crippen LogP contribution in [0.25, 0.3) is 10.6 Å². The molecule has 3 rings (SSSR count). The molecular formula is C20H16F3N3O2S. The number of alkyl halides is 3. The lowest BCUT2D eigenvalue weighted by Crippen LogP contribution is -2.17. The van der Waals surface area contributed by atoms with Crippen molar-refractivity contribution in [1.82, 2.24) is 4.98 Å². The molecule has 1 heterocycles. The fraction of sp³-hybridized carbons (Fsp3) is 0.150. The molecule has 9 heteroatoms. The SMILES string of the molecule is CC(=O)Nc1ccc(NC(=O)c2csc(-c3ccc(C)cc3)n2)c(C(F)(F)F)c1. The molecule has 0 bridgehead atoms. The van der Waals surface area contributed by atoms with Crippen LogP contribution in [0, 0.1) is 6.92 Å². The molecule has 3 aromatic rings. The highest BCUT2D eigenvalue weighted by Crippen LogP contribution is 2.37. The third-order valence-corrected chi connectivity index (χ3v) is 4.82. The Labute approximate surface area is 168 Å². The number of halogens is 3. The van der Waals surface area contributed by atoms with Crippen LogP contribution in [0.4, 0.5) is 24.5 Å². The third kappa shape index (κ3) is 5.00. The second-order valence-electron chi connectivity index (χ2n) is 6.30. The number of hydrogen-bond donors (Lipinski definition) is 2. The van der Waals surface area contributed by atoms with Gasteiger partial charge < -0.3 is 10.6 Å². The van der Waals surface area contributed by atoms with Crippen LogP contribution in [-0.4, -0.2) is 16.8 Å². The maximum Gasteiger partial charge on any atom is 0.418 e. The number of thiazole rings is 1. The Morgan fingerprint density at radius 2 is 1.72 bits per heavy atom. The fourth-order valence-electron chi connectivity index (χ4n) is 2.56. The van der Waals surface area contributed by atoms with Crippen molar-refractivity contribution in [3.63, 3.8) is 0 Å². The highest BCUT2D eigenvalue weighted by molar-refractivity contribution is 7.13. The standard InChI is InChI=1S/C20H16F3N3O2S/c1-11-3-5-13(6-4-11)19-26-17(10-29-19)18(28)25-16-8-7-14(24-12(2)27)9-15(16)20(21,22)23/h3-10H,1-2H3,(H,24,27)(H,25,28). The van der Waals surface area contributed by atoms with E-state index in [1.165, 1.54) is 29.7 Å². The first-order valence-electron chi connectivity index (χ1n) is 8.46. The summed E-state index contributed by atoms with van der Waals surface area (Å²) in [6, 6.07) is 10.7. The van der Waals surface area contributed by atoms with Crippen LogP contribution in [0.1, 0.15) is 28.5 Å². The van der Waals surface area contributed by atoms with Crippen molar-refractivity contribution in [2.24, 2.45) is 0 Å². The van der Waals surface area contributed by atoms with E-state index in [0.29, 0.717) is 5.01 Å². The van der Waals surface area contributed by atoms with Crippen LogP contribution in [0.3, 0.4) is 0 Å². The minimum Gasteiger partial charge on any atom is -0.326 e. The third-order valence-electron chi connectivity index (χ3n) is 3.93. The molecule has 1 aromatic heterocycles. The average molecular weight is 419 g/mol. The predicted molar refractivity (Wildman–Crippen MR) is 106 cm³/mol. The summed E-state index contributed by atoms with van der Waals surface area (Å²) in [6.45, 7) is 3.14. The van der Waals surface area contributed by atoms with Crippen molar-refractivity contribution >= 4 is 34.5 Å². The molecule has 0 spiro atoms. The molecule has 29 heavy (non-hydrogen) atoms. The van der Waals surface area contributed by atoms with E-state index >= 15 is 0 Å². The van der Waals surface area contributed by atoms with Crippen LogP contribution in [0.2, 0.25) is 0 Å². The molecule has 0 aliphatic heterocycles. The monoisotopic (exact) mass is 419 g/mol. The Kier molecular flexibility index (Phi) is 5.69. The molecule has 5 nitrogen and oxygen atoms in total. The molecule has 2 amide bonds. The van der Waals surface area contributed by atoms with E-state index in [1.54, 1.807) is 0 Å². The van der Waals surface area contributed by atoms with Gasteiger partial charge in [-0.1, -0.05) is 29.8 Å². The molecule has 0 saturated carbocycles. The number of benzene rings is 2. The van der Waals surface area contributed by atoms with Gasteiger partial charge in [0.1, 0.15) is 10.7 Å².